The topological polar surface area (TPSA) is 12.0 Å². The van der Waals surface area contributed by atoms with Gasteiger partial charge in [0.05, 0.1) is 4.47 Å². The summed E-state index contributed by atoms with van der Waals surface area (Å²) < 4.78 is 13.5. The minimum atomic E-state index is -0.214. The van der Waals surface area contributed by atoms with Gasteiger partial charge in [0, 0.05) is 12.1 Å². The zero-order valence-electron chi connectivity index (χ0n) is 9.40. The smallest absolute Gasteiger partial charge is 0.137 e. The summed E-state index contributed by atoms with van der Waals surface area (Å²) in [6, 6.07) is 5.10. The van der Waals surface area contributed by atoms with Gasteiger partial charge < -0.3 is 5.32 Å². The van der Waals surface area contributed by atoms with Crippen LogP contribution in [0.1, 0.15) is 32.8 Å². The molecule has 0 bridgehead atoms. The number of benzene rings is 1. The van der Waals surface area contributed by atoms with Gasteiger partial charge in [-0.2, -0.15) is 0 Å². The monoisotopic (exact) mass is 273 g/mol. The van der Waals surface area contributed by atoms with Gasteiger partial charge in [-0.25, -0.2) is 4.39 Å². The van der Waals surface area contributed by atoms with Gasteiger partial charge in [0.25, 0.3) is 0 Å². The van der Waals surface area contributed by atoms with Crippen molar-refractivity contribution in [1.29, 1.82) is 0 Å². The molecule has 84 valence electrons. The van der Waals surface area contributed by atoms with Gasteiger partial charge in [-0.1, -0.05) is 13.0 Å². The number of rotatable bonds is 4. The van der Waals surface area contributed by atoms with Crippen molar-refractivity contribution >= 4 is 15.9 Å². The van der Waals surface area contributed by atoms with Crippen LogP contribution in [0.3, 0.4) is 0 Å². The van der Waals surface area contributed by atoms with Gasteiger partial charge in [0.2, 0.25) is 0 Å². The predicted molar refractivity (Wildman–Crippen MR) is 65.3 cm³/mol. The molecule has 1 rings (SSSR count). The van der Waals surface area contributed by atoms with Crippen LogP contribution >= 0.6 is 15.9 Å². The summed E-state index contributed by atoms with van der Waals surface area (Å²) in [4.78, 5) is 0. The molecule has 0 aromatic heterocycles. The first-order valence-corrected chi connectivity index (χ1v) is 5.93. The van der Waals surface area contributed by atoms with E-state index in [9.17, 15) is 4.39 Å². The molecule has 1 N–H and O–H groups in total. The fourth-order valence-corrected chi connectivity index (χ4v) is 1.54. The quantitative estimate of drug-likeness (QED) is 0.879. The van der Waals surface area contributed by atoms with Crippen LogP contribution in [-0.2, 0) is 6.54 Å². The summed E-state index contributed by atoms with van der Waals surface area (Å²) in [7, 11) is 0. The summed E-state index contributed by atoms with van der Waals surface area (Å²) in [5.41, 5.74) is 1.21. The van der Waals surface area contributed by atoms with Crippen molar-refractivity contribution in [2.75, 3.05) is 0 Å². The summed E-state index contributed by atoms with van der Waals surface area (Å²) in [5.74, 6) is -0.214. The average molecular weight is 274 g/mol. The van der Waals surface area contributed by atoms with Gasteiger partial charge in [0.1, 0.15) is 5.82 Å². The molecule has 3 heteroatoms. The first kappa shape index (κ1) is 12.7. The third-order valence-corrected chi connectivity index (χ3v) is 3.25. The Labute approximate surface area is 99.2 Å². The molecule has 0 aliphatic heterocycles. The largest absolute Gasteiger partial charge is 0.308 e. The SMILES string of the molecule is CCC(C)(C)NCc1ccc(F)c(Br)c1. The van der Waals surface area contributed by atoms with E-state index in [1.54, 1.807) is 6.07 Å². The molecule has 0 heterocycles. The second-order valence-electron chi connectivity index (χ2n) is 4.34. The van der Waals surface area contributed by atoms with E-state index in [1.807, 2.05) is 6.07 Å². The van der Waals surface area contributed by atoms with Gasteiger partial charge in [-0.05, 0) is 53.9 Å². The molecule has 0 radical (unpaired) electrons. The highest BCUT2D eigenvalue weighted by Crippen LogP contribution is 2.17. The summed E-state index contributed by atoms with van der Waals surface area (Å²) >= 11 is 3.18. The zero-order valence-corrected chi connectivity index (χ0v) is 11.0. The first-order valence-electron chi connectivity index (χ1n) is 5.13. The molecule has 0 atom stereocenters. The molecular formula is C12H17BrFN. The lowest BCUT2D eigenvalue weighted by atomic mass is 10.0. The highest BCUT2D eigenvalue weighted by Gasteiger charge is 2.13. The molecular weight excluding hydrogens is 257 g/mol. The zero-order chi connectivity index (χ0) is 11.5. The van der Waals surface area contributed by atoms with E-state index in [0.29, 0.717) is 4.47 Å². The van der Waals surface area contributed by atoms with Crippen LogP contribution in [0.5, 0.6) is 0 Å². The minimum absolute atomic E-state index is 0.126. The standard InChI is InChI=1S/C12H17BrFN/c1-4-12(2,3)15-8-9-5-6-11(14)10(13)7-9/h5-7,15H,4,8H2,1-3H3. The Bertz CT molecular complexity index is 336. The van der Waals surface area contributed by atoms with Crippen molar-refractivity contribution in [2.24, 2.45) is 0 Å². The number of hydrogen-bond acceptors (Lipinski definition) is 1. The maximum absolute atomic E-state index is 13.0. The number of nitrogens with one attached hydrogen (secondary N) is 1. The highest BCUT2D eigenvalue weighted by atomic mass is 79.9. The van der Waals surface area contributed by atoms with Crippen LogP contribution in [0.25, 0.3) is 0 Å². The molecule has 0 saturated carbocycles. The third kappa shape index (κ3) is 3.92. The average Bonchev–Trinajstić information content (AvgIpc) is 2.20. The molecule has 1 aromatic carbocycles. The molecule has 0 fully saturated rings. The van der Waals surface area contributed by atoms with Crippen molar-refractivity contribution < 1.29 is 4.39 Å². The molecule has 0 spiro atoms. The summed E-state index contributed by atoms with van der Waals surface area (Å²) in [6.07, 6.45) is 1.06. The van der Waals surface area contributed by atoms with E-state index in [1.165, 1.54) is 6.07 Å². The lowest BCUT2D eigenvalue weighted by Crippen LogP contribution is -2.37. The third-order valence-electron chi connectivity index (χ3n) is 2.64. The van der Waals surface area contributed by atoms with Gasteiger partial charge in [0.15, 0.2) is 0 Å². The van der Waals surface area contributed by atoms with E-state index in [2.05, 4.69) is 42.0 Å². The molecule has 15 heavy (non-hydrogen) atoms. The number of hydrogen-bond donors (Lipinski definition) is 1. The van der Waals surface area contributed by atoms with Gasteiger partial charge in [-0.15, -0.1) is 0 Å². The second-order valence-corrected chi connectivity index (χ2v) is 5.19. The molecule has 0 unspecified atom stereocenters. The predicted octanol–water partition coefficient (Wildman–Crippen LogP) is 3.87. The fourth-order valence-electron chi connectivity index (χ4n) is 1.12. The van der Waals surface area contributed by atoms with Crippen molar-refractivity contribution in [1.82, 2.24) is 5.32 Å². The molecule has 0 amide bonds. The van der Waals surface area contributed by atoms with E-state index in [-0.39, 0.29) is 11.4 Å². The fraction of sp³-hybridized carbons (Fsp3) is 0.500. The van der Waals surface area contributed by atoms with Crippen LogP contribution in [0, 0.1) is 5.82 Å². The lowest BCUT2D eigenvalue weighted by Gasteiger charge is -2.24. The summed E-state index contributed by atoms with van der Waals surface area (Å²) in [5, 5.41) is 3.43. The van der Waals surface area contributed by atoms with Crippen molar-refractivity contribution in [3.63, 3.8) is 0 Å². The maximum atomic E-state index is 13.0. The first-order chi connectivity index (χ1) is 6.94. The van der Waals surface area contributed by atoms with Crippen LogP contribution in [0.4, 0.5) is 4.39 Å². The van der Waals surface area contributed by atoms with Crippen LogP contribution in [0.2, 0.25) is 0 Å². The molecule has 1 nitrogen and oxygen atoms in total. The van der Waals surface area contributed by atoms with Crippen LogP contribution in [-0.4, -0.2) is 5.54 Å². The minimum Gasteiger partial charge on any atom is -0.308 e. The Morgan fingerprint density at radius 2 is 2.07 bits per heavy atom. The van der Waals surface area contributed by atoms with E-state index < -0.39 is 0 Å². The van der Waals surface area contributed by atoms with Gasteiger partial charge >= 0.3 is 0 Å². The Kier molecular flexibility index (Phi) is 4.29. The van der Waals surface area contributed by atoms with Crippen LogP contribution < -0.4 is 5.32 Å². The van der Waals surface area contributed by atoms with Gasteiger partial charge in [-0.3, -0.25) is 0 Å². The Morgan fingerprint density at radius 1 is 1.40 bits per heavy atom. The van der Waals surface area contributed by atoms with Crippen molar-refractivity contribution in [3.8, 4) is 0 Å². The molecule has 0 saturated heterocycles. The number of halogens is 2. The second kappa shape index (κ2) is 5.08. The van der Waals surface area contributed by atoms with E-state index in [4.69, 9.17) is 0 Å². The molecule has 0 aliphatic carbocycles. The molecule has 0 aliphatic rings. The molecule has 1 aromatic rings. The lowest BCUT2D eigenvalue weighted by molar-refractivity contribution is 0.374. The van der Waals surface area contributed by atoms with E-state index in [0.717, 1.165) is 18.5 Å². The summed E-state index contributed by atoms with van der Waals surface area (Å²) in [6.45, 7) is 7.23. The Morgan fingerprint density at radius 3 is 2.60 bits per heavy atom. The van der Waals surface area contributed by atoms with Crippen molar-refractivity contribution in [2.45, 2.75) is 39.3 Å². The highest BCUT2D eigenvalue weighted by molar-refractivity contribution is 9.10. The maximum Gasteiger partial charge on any atom is 0.137 e. The Balaban J connectivity index is 2.62. The van der Waals surface area contributed by atoms with Crippen molar-refractivity contribution in [3.05, 3.63) is 34.1 Å². The Hall–Kier alpha value is -0.410. The normalized spacial score (nSPS) is 11.8. The van der Waals surface area contributed by atoms with E-state index >= 15 is 0 Å². The van der Waals surface area contributed by atoms with Crippen LogP contribution in [0.15, 0.2) is 22.7 Å².